The maximum Gasteiger partial charge on any atom is 0.196 e. The second-order valence-corrected chi connectivity index (χ2v) is 8.32. The average molecular weight is 417 g/mol. The first-order valence-electron chi connectivity index (χ1n) is 9.93. The zero-order valence-corrected chi connectivity index (χ0v) is 17.0. The predicted octanol–water partition coefficient (Wildman–Crippen LogP) is 5.23. The highest BCUT2D eigenvalue weighted by atomic mass is 32.2. The Bertz CT molecular complexity index is 1220. The third-order valence-corrected chi connectivity index (χ3v) is 6.46. The second kappa shape index (κ2) is 7.31. The number of rotatable bonds is 3. The minimum atomic E-state index is -0.304. The lowest BCUT2D eigenvalue weighted by Gasteiger charge is -2.24. The molecule has 150 valence electrons. The smallest absolute Gasteiger partial charge is 0.196 e. The molecule has 3 aromatic carbocycles. The summed E-state index contributed by atoms with van der Waals surface area (Å²) in [5.74, 6) is -0.552. The highest BCUT2D eigenvalue weighted by Crippen LogP contribution is 2.41. The van der Waals surface area contributed by atoms with Gasteiger partial charge < -0.3 is 15.6 Å². The van der Waals surface area contributed by atoms with Gasteiger partial charge in [0.2, 0.25) is 0 Å². The van der Waals surface area contributed by atoms with Crippen LogP contribution in [-0.2, 0) is 12.8 Å². The molecule has 5 nitrogen and oxygen atoms in total. The van der Waals surface area contributed by atoms with E-state index < -0.39 is 0 Å². The number of carbonyl (C=O) groups is 2. The Labute approximate surface area is 178 Å². The molecule has 0 unspecified atom stereocenters. The fourth-order valence-electron chi connectivity index (χ4n) is 4.43. The van der Waals surface area contributed by atoms with Gasteiger partial charge in [0.05, 0.1) is 27.4 Å². The van der Waals surface area contributed by atoms with E-state index in [1.165, 1.54) is 24.0 Å². The quantitative estimate of drug-likeness (QED) is 0.313. The van der Waals surface area contributed by atoms with Crippen LogP contribution in [0.4, 0.5) is 17.1 Å². The van der Waals surface area contributed by atoms with Gasteiger partial charge in [-0.25, -0.2) is 0 Å². The molecule has 0 bridgehead atoms. The molecule has 0 saturated heterocycles. The standard InChI is InChI=1S/C24H20N2O3S/c25-22-19(30-29)12-18(26-15-10-9-13-5-1-2-6-14(13)11-15)20-21(22)24(28)17-8-4-3-7-16(17)23(20)27/h3-4,7-12,26,29H,1-2,5-6,25H2. The van der Waals surface area contributed by atoms with E-state index in [1.54, 1.807) is 30.3 Å². The van der Waals surface area contributed by atoms with Crippen LogP contribution in [0.2, 0.25) is 0 Å². The number of aryl methyl sites for hydroxylation is 2. The van der Waals surface area contributed by atoms with Gasteiger partial charge in [-0.2, -0.15) is 0 Å². The Kier molecular flexibility index (Phi) is 4.60. The van der Waals surface area contributed by atoms with Crippen LogP contribution in [0.3, 0.4) is 0 Å². The van der Waals surface area contributed by atoms with Crippen molar-refractivity contribution in [2.75, 3.05) is 11.1 Å². The van der Waals surface area contributed by atoms with Gasteiger partial charge in [0.25, 0.3) is 0 Å². The van der Waals surface area contributed by atoms with Crippen molar-refractivity contribution in [1.29, 1.82) is 0 Å². The fourth-order valence-corrected chi connectivity index (χ4v) is 4.81. The summed E-state index contributed by atoms with van der Waals surface area (Å²) < 4.78 is 9.73. The number of nitrogens with two attached hydrogens (primary N) is 1. The Morgan fingerprint density at radius 1 is 0.867 bits per heavy atom. The summed E-state index contributed by atoms with van der Waals surface area (Å²) in [7, 11) is 0. The van der Waals surface area contributed by atoms with Crippen LogP contribution in [0.1, 0.15) is 55.8 Å². The first kappa shape index (κ1) is 18.9. The van der Waals surface area contributed by atoms with Gasteiger partial charge in [-0.05, 0) is 55.0 Å². The fraction of sp³-hybridized carbons (Fsp3) is 0.167. The summed E-state index contributed by atoms with van der Waals surface area (Å²) in [6.07, 6.45) is 4.50. The Morgan fingerprint density at radius 3 is 2.23 bits per heavy atom. The molecule has 0 heterocycles. The SMILES string of the molecule is Nc1c(SO)cc(Nc2ccc3c(c2)CCCC3)c2c1C(=O)c1ccccc1C2=O. The van der Waals surface area contributed by atoms with Crippen molar-refractivity contribution in [3.8, 4) is 0 Å². The number of nitrogen functional groups attached to an aromatic ring is 1. The summed E-state index contributed by atoms with van der Waals surface area (Å²) in [6, 6.07) is 14.6. The molecule has 4 N–H and O–H groups in total. The molecular weight excluding hydrogens is 396 g/mol. The van der Waals surface area contributed by atoms with Crippen LogP contribution in [0.15, 0.2) is 53.4 Å². The summed E-state index contributed by atoms with van der Waals surface area (Å²) in [6.45, 7) is 0. The van der Waals surface area contributed by atoms with Crippen LogP contribution in [0, 0.1) is 0 Å². The maximum atomic E-state index is 13.3. The second-order valence-electron chi connectivity index (χ2n) is 7.70. The van der Waals surface area contributed by atoms with Crippen molar-refractivity contribution in [3.05, 3.63) is 81.9 Å². The summed E-state index contributed by atoms with van der Waals surface area (Å²) in [4.78, 5) is 26.9. The molecule has 0 radical (unpaired) electrons. The van der Waals surface area contributed by atoms with Crippen LogP contribution in [-0.4, -0.2) is 16.1 Å². The Morgan fingerprint density at radius 2 is 1.53 bits per heavy atom. The van der Waals surface area contributed by atoms with E-state index in [-0.39, 0.29) is 28.4 Å². The number of carbonyl (C=O) groups excluding carboxylic acids is 2. The highest BCUT2D eigenvalue weighted by molar-refractivity contribution is 7.94. The minimum absolute atomic E-state index is 0.126. The Balaban J connectivity index is 1.66. The van der Waals surface area contributed by atoms with Crippen molar-refractivity contribution in [3.63, 3.8) is 0 Å². The number of nitrogens with one attached hydrogen (secondary N) is 1. The summed E-state index contributed by atoms with van der Waals surface area (Å²) in [5, 5.41) is 3.31. The largest absolute Gasteiger partial charge is 0.397 e. The number of benzene rings is 3. The first-order valence-corrected chi connectivity index (χ1v) is 10.7. The molecule has 2 aliphatic rings. The minimum Gasteiger partial charge on any atom is -0.397 e. The van der Waals surface area contributed by atoms with E-state index >= 15 is 0 Å². The summed E-state index contributed by atoms with van der Waals surface area (Å²) >= 11 is 0.472. The van der Waals surface area contributed by atoms with Gasteiger partial charge in [0, 0.05) is 28.9 Å². The first-order chi connectivity index (χ1) is 14.6. The zero-order chi connectivity index (χ0) is 20.8. The molecule has 0 atom stereocenters. The predicted molar refractivity (Wildman–Crippen MR) is 119 cm³/mol. The molecule has 2 aliphatic carbocycles. The Hall–Kier alpha value is -3.09. The van der Waals surface area contributed by atoms with Gasteiger partial charge in [0.1, 0.15) is 0 Å². The van der Waals surface area contributed by atoms with Gasteiger partial charge in [-0.3, -0.25) is 9.59 Å². The molecule has 6 heteroatoms. The van der Waals surface area contributed by atoms with Crippen molar-refractivity contribution in [1.82, 2.24) is 0 Å². The van der Waals surface area contributed by atoms with Gasteiger partial charge >= 0.3 is 0 Å². The number of anilines is 3. The number of hydrogen-bond donors (Lipinski definition) is 3. The number of ketones is 2. The van der Waals surface area contributed by atoms with E-state index in [0.717, 1.165) is 18.5 Å². The lowest BCUT2D eigenvalue weighted by molar-refractivity contribution is 0.0980. The zero-order valence-electron chi connectivity index (χ0n) is 16.2. The molecule has 30 heavy (non-hydrogen) atoms. The van der Waals surface area contributed by atoms with E-state index in [0.29, 0.717) is 33.8 Å². The van der Waals surface area contributed by atoms with E-state index in [1.807, 2.05) is 6.07 Å². The lowest BCUT2D eigenvalue weighted by Crippen LogP contribution is -2.24. The molecule has 3 aromatic rings. The lowest BCUT2D eigenvalue weighted by atomic mass is 9.82. The highest BCUT2D eigenvalue weighted by Gasteiger charge is 2.34. The van der Waals surface area contributed by atoms with Crippen LogP contribution < -0.4 is 11.1 Å². The molecule has 0 saturated carbocycles. The van der Waals surface area contributed by atoms with E-state index in [2.05, 4.69) is 17.4 Å². The van der Waals surface area contributed by atoms with Crippen LogP contribution in [0.25, 0.3) is 0 Å². The molecule has 0 amide bonds. The molecular formula is C24H20N2O3S. The van der Waals surface area contributed by atoms with Crippen molar-refractivity contribution >= 4 is 40.7 Å². The van der Waals surface area contributed by atoms with Crippen molar-refractivity contribution in [2.45, 2.75) is 30.6 Å². The van der Waals surface area contributed by atoms with Gasteiger partial charge in [-0.1, -0.05) is 30.3 Å². The molecule has 0 aromatic heterocycles. The molecule has 0 spiro atoms. The van der Waals surface area contributed by atoms with Gasteiger partial charge in [0.15, 0.2) is 11.6 Å². The molecule has 0 fully saturated rings. The molecule has 5 rings (SSSR count). The third kappa shape index (κ3) is 2.91. The summed E-state index contributed by atoms with van der Waals surface area (Å²) in [5.41, 5.74) is 11.4. The topological polar surface area (TPSA) is 92.4 Å². The van der Waals surface area contributed by atoms with E-state index in [4.69, 9.17) is 5.73 Å². The normalized spacial score (nSPS) is 14.7. The van der Waals surface area contributed by atoms with Crippen molar-refractivity contribution < 1.29 is 14.1 Å². The number of fused-ring (bicyclic) bond motifs is 3. The van der Waals surface area contributed by atoms with Gasteiger partial charge in [-0.15, -0.1) is 0 Å². The monoisotopic (exact) mass is 416 g/mol. The van der Waals surface area contributed by atoms with Crippen LogP contribution >= 0.6 is 12.0 Å². The van der Waals surface area contributed by atoms with Crippen molar-refractivity contribution in [2.24, 2.45) is 0 Å². The van der Waals surface area contributed by atoms with E-state index in [9.17, 15) is 14.1 Å². The molecule has 0 aliphatic heterocycles. The van der Waals surface area contributed by atoms with Crippen LogP contribution in [0.5, 0.6) is 0 Å². The maximum absolute atomic E-state index is 13.3. The third-order valence-electron chi connectivity index (χ3n) is 5.93. The number of hydrogen-bond acceptors (Lipinski definition) is 6. The average Bonchev–Trinajstić information content (AvgIpc) is 2.78.